The molecule has 138 valence electrons. The van der Waals surface area contributed by atoms with Gasteiger partial charge in [-0.2, -0.15) is 0 Å². The molecular formula is C20H24N2O4. The first kappa shape index (κ1) is 17.1. The molecule has 1 saturated heterocycles. The van der Waals surface area contributed by atoms with Gasteiger partial charge in [-0.3, -0.25) is 4.79 Å². The number of para-hydroxylation sites is 1. The molecular weight excluding hydrogens is 332 g/mol. The minimum Gasteiger partial charge on any atom is -0.490 e. The fourth-order valence-corrected chi connectivity index (χ4v) is 3.45. The number of aryl methyl sites for hydroxylation is 1. The Morgan fingerprint density at radius 1 is 1.42 bits per heavy atom. The summed E-state index contributed by atoms with van der Waals surface area (Å²) in [4.78, 5) is 14.4. The minimum atomic E-state index is -1.06. The van der Waals surface area contributed by atoms with Gasteiger partial charge in [-0.25, -0.2) is 0 Å². The molecule has 1 aliphatic carbocycles. The van der Waals surface area contributed by atoms with E-state index in [0.717, 1.165) is 36.3 Å². The molecule has 2 aromatic rings. The number of aromatic nitrogens is 1. The van der Waals surface area contributed by atoms with E-state index in [2.05, 4.69) is 5.16 Å². The lowest BCUT2D eigenvalue weighted by molar-refractivity contribution is -0.0534. The fourth-order valence-electron chi connectivity index (χ4n) is 3.45. The monoisotopic (exact) mass is 356 g/mol. The first-order valence-electron chi connectivity index (χ1n) is 9.21. The van der Waals surface area contributed by atoms with Crippen LogP contribution in [0.1, 0.15) is 53.4 Å². The number of carbonyl (C=O) groups excluding carboxylic acids is 1. The number of benzene rings is 1. The lowest BCUT2D eigenvalue weighted by Gasteiger charge is -2.38. The molecule has 1 aromatic carbocycles. The van der Waals surface area contributed by atoms with Crippen molar-refractivity contribution in [2.45, 2.75) is 44.1 Å². The van der Waals surface area contributed by atoms with Gasteiger partial charge in [0.25, 0.3) is 5.91 Å². The van der Waals surface area contributed by atoms with Crippen molar-refractivity contribution in [3.05, 3.63) is 47.3 Å². The van der Waals surface area contributed by atoms with E-state index >= 15 is 0 Å². The first-order chi connectivity index (χ1) is 12.5. The van der Waals surface area contributed by atoms with Gasteiger partial charge >= 0.3 is 0 Å². The van der Waals surface area contributed by atoms with Crippen LogP contribution in [0.25, 0.3) is 0 Å². The summed E-state index contributed by atoms with van der Waals surface area (Å²) in [5.74, 6) is 1.79. The number of hydrogen-bond acceptors (Lipinski definition) is 5. The Bertz CT molecular complexity index is 799. The number of hydrogen-bond donors (Lipinski definition) is 1. The SMILES string of the molecule is Cc1ccccc1OCC1(O)CCCN(C(=O)c2cc(C3CC3)on2)C1. The highest BCUT2D eigenvalue weighted by Gasteiger charge is 2.37. The van der Waals surface area contributed by atoms with Crippen molar-refractivity contribution in [3.63, 3.8) is 0 Å². The Labute approximate surface area is 152 Å². The molecule has 2 heterocycles. The van der Waals surface area contributed by atoms with Crippen molar-refractivity contribution in [1.29, 1.82) is 0 Å². The summed E-state index contributed by atoms with van der Waals surface area (Å²) >= 11 is 0. The molecule has 2 fully saturated rings. The van der Waals surface area contributed by atoms with Crippen molar-refractivity contribution in [2.75, 3.05) is 19.7 Å². The Hall–Kier alpha value is -2.34. The maximum Gasteiger partial charge on any atom is 0.276 e. The van der Waals surface area contributed by atoms with Crippen LogP contribution >= 0.6 is 0 Å². The summed E-state index contributed by atoms with van der Waals surface area (Å²) in [5, 5.41) is 14.9. The van der Waals surface area contributed by atoms with Crippen LogP contribution in [0.3, 0.4) is 0 Å². The van der Waals surface area contributed by atoms with Crippen LogP contribution in [-0.2, 0) is 0 Å². The highest BCUT2D eigenvalue weighted by atomic mass is 16.5. The summed E-state index contributed by atoms with van der Waals surface area (Å²) < 4.78 is 11.1. The third-order valence-electron chi connectivity index (χ3n) is 5.16. The number of aliphatic hydroxyl groups is 1. The molecule has 0 bridgehead atoms. The zero-order valence-electron chi connectivity index (χ0n) is 15.0. The Balaban J connectivity index is 1.40. The molecule has 4 rings (SSSR count). The van der Waals surface area contributed by atoms with E-state index in [0.29, 0.717) is 24.6 Å². The lowest BCUT2D eigenvalue weighted by Crippen LogP contribution is -2.53. The predicted octanol–water partition coefficient (Wildman–Crippen LogP) is 2.91. The summed E-state index contributed by atoms with van der Waals surface area (Å²) in [6.07, 6.45) is 3.53. The van der Waals surface area contributed by atoms with Crippen LogP contribution in [0.15, 0.2) is 34.9 Å². The number of nitrogens with zero attached hydrogens (tertiary/aromatic N) is 2. The maximum atomic E-state index is 12.7. The molecule has 0 radical (unpaired) electrons. The Morgan fingerprint density at radius 3 is 3.00 bits per heavy atom. The van der Waals surface area contributed by atoms with Crippen molar-refractivity contribution in [3.8, 4) is 5.75 Å². The van der Waals surface area contributed by atoms with Crippen molar-refractivity contribution in [1.82, 2.24) is 10.1 Å². The van der Waals surface area contributed by atoms with Crippen LogP contribution in [0.2, 0.25) is 0 Å². The van der Waals surface area contributed by atoms with E-state index in [9.17, 15) is 9.90 Å². The van der Waals surface area contributed by atoms with Crippen molar-refractivity contribution in [2.24, 2.45) is 0 Å². The maximum absolute atomic E-state index is 12.7. The van der Waals surface area contributed by atoms with Gasteiger partial charge in [-0.1, -0.05) is 23.4 Å². The number of amides is 1. The van der Waals surface area contributed by atoms with Gasteiger partial charge in [-0.05, 0) is 44.2 Å². The topological polar surface area (TPSA) is 75.8 Å². The third kappa shape index (κ3) is 3.60. The second-order valence-corrected chi connectivity index (χ2v) is 7.50. The van der Waals surface area contributed by atoms with Gasteiger partial charge < -0.3 is 19.3 Å². The summed E-state index contributed by atoms with van der Waals surface area (Å²) in [7, 11) is 0. The largest absolute Gasteiger partial charge is 0.490 e. The zero-order chi connectivity index (χ0) is 18.1. The highest BCUT2D eigenvalue weighted by Crippen LogP contribution is 2.40. The molecule has 1 aromatic heterocycles. The average molecular weight is 356 g/mol. The summed E-state index contributed by atoms with van der Waals surface area (Å²) in [6.45, 7) is 2.98. The standard InChI is InChI=1S/C20H24N2O4/c1-14-5-2-3-6-17(14)25-13-20(24)9-4-10-22(12-20)19(23)16-11-18(26-21-16)15-7-8-15/h2-3,5-6,11,15,24H,4,7-10,12-13H2,1H3. The molecule has 0 spiro atoms. The molecule has 1 unspecified atom stereocenters. The number of likely N-dealkylation sites (tertiary alicyclic amines) is 1. The molecule has 26 heavy (non-hydrogen) atoms. The summed E-state index contributed by atoms with van der Waals surface area (Å²) in [5.41, 5.74) is 0.296. The van der Waals surface area contributed by atoms with E-state index in [1.54, 1.807) is 11.0 Å². The Kier molecular flexibility index (Phi) is 4.44. The van der Waals surface area contributed by atoms with Crippen LogP contribution in [-0.4, -0.2) is 46.4 Å². The van der Waals surface area contributed by atoms with Crippen LogP contribution < -0.4 is 4.74 Å². The molecule has 1 amide bonds. The summed E-state index contributed by atoms with van der Waals surface area (Å²) in [6, 6.07) is 9.46. The number of rotatable bonds is 5. The third-order valence-corrected chi connectivity index (χ3v) is 5.16. The number of β-amino-alcohol motifs (C(OH)–C–C–N with tert-alkyl or cyclic N) is 1. The van der Waals surface area contributed by atoms with Gasteiger partial charge in [0.05, 0.1) is 6.54 Å². The normalized spacial score (nSPS) is 23.1. The minimum absolute atomic E-state index is 0.160. The van der Waals surface area contributed by atoms with Gasteiger partial charge in [0.2, 0.25) is 0 Å². The molecule has 1 saturated carbocycles. The molecule has 2 aliphatic rings. The first-order valence-corrected chi connectivity index (χ1v) is 9.21. The lowest BCUT2D eigenvalue weighted by atomic mass is 9.93. The van der Waals surface area contributed by atoms with Gasteiger partial charge in [-0.15, -0.1) is 0 Å². The smallest absolute Gasteiger partial charge is 0.276 e. The van der Waals surface area contributed by atoms with E-state index in [1.807, 2.05) is 31.2 Å². The second-order valence-electron chi connectivity index (χ2n) is 7.50. The van der Waals surface area contributed by atoms with Crippen LogP contribution in [0.5, 0.6) is 5.75 Å². The predicted molar refractivity (Wildman–Crippen MR) is 95.2 cm³/mol. The quantitative estimate of drug-likeness (QED) is 0.891. The second kappa shape index (κ2) is 6.76. The van der Waals surface area contributed by atoms with E-state index in [1.165, 1.54) is 0 Å². The van der Waals surface area contributed by atoms with Gasteiger partial charge in [0, 0.05) is 18.5 Å². The number of carbonyl (C=O) groups is 1. The molecule has 6 heteroatoms. The number of ether oxygens (including phenoxy) is 1. The van der Waals surface area contributed by atoms with E-state index in [4.69, 9.17) is 9.26 Å². The zero-order valence-corrected chi connectivity index (χ0v) is 15.0. The highest BCUT2D eigenvalue weighted by molar-refractivity contribution is 5.92. The molecule has 1 aliphatic heterocycles. The van der Waals surface area contributed by atoms with Crippen LogP contribution in [0.4, 0.5) is 0 Å². The molecule has 1 atom stereocenters. The van der Waals surface area contributed by atoms with Crippen LogP contribution in [0, 0.1) is 6.92 Å². The van der Waals surface area contributed by atoms with Crippen molar-refractivity contribution >= 4 is 5.91 Å². The van der Waals surface area contributed by atoms with Crippen molar-refractivity contribution < 1.29 is 19.2 Å². The Morgan fingerprint density at radius 2 is 2.23 bits per heavy atom. The van der Waals surface area contributed by atoms with Gasteiger partial charge in [0.1, 0.15) is 23.7 Å². The van der Waals surface area contributed by atoms with E-state index < -0.39 is 5.60 Å². The average Bonchev–Trinajstić information content (AvgIpc) is 3.37. The molecule has 1 N–H and O–H groups in total. The number of piperidine rings is 1. The van der Waals surface area contributed by atoms with Gasteiger partial charge in [0.15, 0.2) is 5.69 Å². The molecule has 6 nitrogen and oxygen atoms in total. The van der Waals surface area contributed by atoms with E-state index in [-0.39, 0.29) is 19.1 Å². The fraction of sp³-hybridized carbons (Fsp3) is 0.500.